The Kier molecular flexibility index (Phi) is 4.47. The molecule has 1 aromatic rings. The molecular weight excluding hydrogens is 284 g/mol. The summed E-state index contributed by atoms with van der Waals surface area (Å²) >= 11 is 0. The van der Waals surface area contributed by atoms with Gasteiger partial charge in [0.15, 0.2) is 0 Å². The first kappa shape index (κ1) is 16.5. The van der Waals surface area contributed by atoms with Crippen molar-refractivity contribution in [3.63, 3.8) is 0 Å². The molecule has 0 amide bonds. The van der Waals surface area contributed by atoms with Gasteiger partial charge in [0, 0.05) is 19.6 Å². The van der Waals surface area contributed by atoms with Crippen molar-refractivity contribution in [2.45, 2.75) is 52.0 Å². The van der Waals surface area contributed by atoms with Crippen molar-refractivity contribution in [2.75, 3.05) is 13.1 Å². The molecule has 0 saturated carbocycles. The minimum absolute atomic E-state index is 0.233. The second-order valence-electron chi connectivity index (χ2n) is 6.82. The first-order valence-corrected chi connectivity index (χ1v) is 8.92. The van der Waals surface area contributed by atoms with Crippen LogP contribution >= 0.6 is 0 Å². The van der Waals surface area contributed by atoms with E-state index in [0.717, 1.165) is 29.5 Å². The third-order valence-electron chi connectivity index (χ3n) is 4.55. The maximum atomic E-state index is 12.9. The predicted octanol–water partition coefficient (Wildman–Crippen LogP) is 2.57. The molecule has 21 heavy (non-hydrogen) atoms. The monoisotopic (exact) mass is 310 g/mol. The van der Waals surface area contributed by atoms with Gasteiger partial charge in [0.25, 0.3) is 0 Å². The zero-order valence-electron chi connectivity index (χ0n) is 13.4. The highest BCUT2D eigenvalue weighted by Crippen LogP contribution is 2.33. The maximum absolute atomic E-state index is 12.9. The van der Waals surface area contributed by atoms with E-state index < -0.39 is 10.0 Å². The van der Waals surface area contributed by atoms with Gasteiger partial charge >= 0.3 is 0 Å². The Bertz CT molecular complexity index is 626. The zero-order chi connectivity index (χ0) is 15.8. The number of benzene rings is 1. The van der Waals surface area contributed by atoms with E-state index in [2.05, 4.69) is 13.8 Å². The molecule has 1 heterocycles. The van der Waals surface area contributed by atoms with Gasteiger partial charge in [-0.2, -0.15) is 4.31 Å². The summed E-state index contributed by atoms with van der Waals surface area (Å²) in [4.78, 5) is 0.410. The van der Waals surface area contributed by atoms with Crippen LogP contribution in [0, 0.1) is 19.3 Å². The number of piperidine rings is 1. The number of hydrogen-bond donors (Lipinski definition) is 1. The van der Waals surface area contributed by atoms with E-state index in [-0.39, 0.29) is 5.41 Å². The van der Waals surface area contributed by atoms with E-state index >= 15 is 0 Å². The molecule has 0 aliphatic carbocycles. The number of nitrogens with zero attached hydrogens (tertiary/aromatic N) is 1. The Morgan fingerprint density at radius 3 is 2.24 bits per heavy atom. The van der Waals surface area contributed by atoms with Crippen molar-refractivity contribution in [1.29, 1.82) is 0 Å². The van der Waals surface area contributed by atoms with Crippen LogP contribution in [-0.2, 0) is 16.6 Å². The fraction of sp³-hybridized carbons (Fsp3) is 0.625. The average Bonchev–Trinajstić information content (AvgIpc) is 2.38. The molecule has 1 aliphatic heterocycles. The zero-order valence-corrected chi connectivity index (χ0v) is 14.3. The van der Waals surface area contributed by atoms with Crippen LogP contribution in [0.3, 0.4) is 0 Å². The van der Waals surface area contributed by atoms with Crippen LogP contribution in [0.25, 0.3) is 0 Å². The van der Waals surface area contributed by atoms with Crippen molar-refractivity contribution in [3.05, 3.63) is 28.8 Å². The third kappa shape index (κ3) is 3.30. The molecule has 1 aromatic carbocycles. The number of nitrogens with two attached hydrogens (primary N) is 1. The van der Waals surface area contributed by atoms with E-state index in [1.807, 2.05) is 19.9 Å². The Hall–Kier alpha value is -0.910. The molecule has 0 aromatic heterocycles. The topological polar surface area (TPSA) is 63.4 Å². The molecule has 1 aliphatic rings. The second kappa shape index (κ2) is 5.71. The van der Waals surface area contributed by atoms with Gasteiger partial charge in [-0.25, -0.2) is 8.42 Å². The molecule has 5 heteroatoms. The van der Waals surface area contributed by atoms with E-state index in [1.54, 1.807) is 10.4 Å². The molecule has 0 radical (unpaired) electrons. The van der Waals surface area contributed by atoms with Crippen LogP contribution in [0.1, 0.15) is 43.4 Å². The van der Waals surface area contributed by atoms with Crippen molar-refractivity contribution in [1.82, 2.24) is 4.31 Å². The number of sulfonamides is 1. The van der Waals surface area contributed by atoms with Crippen LogP contribution < -0.4 is 5.73 Å². The minimum atomic E-state index is -3.41. The highest BCUT2D eigenvalue weighted by Gasteiger charge is 2.33. The molecule has 2 rings (SSSR count). The van der Waals surface area contributed by atoms with Crippen molar-refractivity contribution in [2.24, 2.45) is 11.1 Å². The van der Waals surface area contributed by atoms with E-state index in [0.29, 0.717) is 24.5 Å². The number of hydrogen-bond acceptors (Lipinski definition) is 3. The molecule has 2 N–H and O–H groups in total. The maximum Gasteiger partial charge on any atom is 0.243 e. The van der Waals surface area contributed by atoms with Gasteiger partial charge < -0.3 is 5.73 Å². The lowest BCUT2D eigenvalue weighted by Crippen LogP contribution is -2.41. The summed E-state index contributed by atoms with van der Waals surface area (Å²) < 4.78 is 27.4. The van der Waals surface area contributed by atoms with E-state index in [1.165, 1.54) is 0 Å². The lowest BCUT2D eigenvalue weighted by molar-refractivity contribution is 0.196. The standard InChI is InChI=1S/C16H26N2O2S/c1-12-9-13(2)15(10-14(12)11-17)21(19,20)18-7-5-16(3,4)6-8-18/h9-10H,5-8,11,17H2,1-4H3. The van der Waals surface area contributed by atoms with Crippen LogP contribution in [0.4, 0.5) is 0 Å². The summed E-state index contributed by atoms with van der Waals surface area (Å²) in [6, 6.07) is 3.67. The highest BCUT2D eigenvalue weighted by atomic mass is 32.2. The fourth-order valence-corrected chi connectivity index (χ4v) is 4.54. The SMILES string of the molecule is Cc1cc(C)c(S(=O)(=O)N2CCC(C)(C)CC2)cc1CN. The molecule has 118 valence electrons. The molecule has 0 atom stereocenters. The Balaban J connectivity index is 2.36. The van der Waals surface area contributed by atoms with Crippen LogP contribution in [0.5, 0.6) is 0 Å². The summed E-state index contributed by atoms with van der Waals surface area (Å²) in [7, 11) is -3.41. The number of aryl methyl sites for hydroxylation is 2. The quantitative estimate of drug-likeness (QED) is 0.933. The van der Waals surface area contributed by atoms with Gasteiger partial charge in [-0.3, -0.25) is 0 Å². The molecule has 0 unspecified atom stereocenters. The lowest BCUT2D eigenvalue weighted by atomic mass is 9.83. The normalized spacial score (nSPS) is 19.7. The van der Waals surface area contributed by atoms with Crippen molar-refractivity contribution in [3.8, 4) is 0 Å². The van der Waals surface area contributed by atoms with Gasteiger partial charge in [-0.05, 0) is 54.9 Å². The molecule has 0 bridgehead atoms. The molecule has 4 nitrogen and oxygen atoms in total. The van der Waals surface area contributed by atoms with Gasteiger partial charge in [-0.15, -0.1) is 0 Å². The van der Waals surface area contributed by atoms with E-state index in [9.17, 15) is 8.42 Å². The first-order chi connectivity index (χ1) is 9.67. The van der Waals surface area contributed by atoms with Crippen molar-refractivity contribution >= 4 is 10.0 Å². The highest BCUT2D eigenvalue weighted by molar-refractivity contribution is 7.89. The van der Waals surface area contributed by atoms with Gasteiger partial charge in [0.1, 0.15) is 0 Å². The molecular formula is C16H26N2O2S. The van der Waals surface area contributed by atoms with Crippen LogP contribution in [0.2, 0.25) is 0 Å². The summed E-state index contributed by atoms with van der Waals surface area (Å²) in [5, 5.41) is 0. The van der Waals surface area contributed by atoms with Gasteiger partial charge in [0.05, 0.1) is 4.90 Å². The summed E-state index contributed by atoms with van der Waals surface area (Å²) in [6.45, 7) is 9.77. The minimum Gasteiger partial charge on any atom is -0.326 e. The van der Waals surface area contributed by atoms with Gasteiger partial charge in [-0.1, -0.05) is 19.9 Å². The summed E-state index contributed by atoms with van der Waals surface area (Å²) in [5.74, 6) is 0. The number of rotatable bonds is 3. The Morgan fingerprint density at radius 1 is 1.14 bits per heavy atom. The first-order valence-electron chi connectivity index (χ1n) is 7.48. The fourth-order valence-electron chi connectivity index (χ4n) is 2.84. The van der Waals surface area contributed by atoms with Crippen molar-refractivity contribution < 1.29 is 8.42 Å². The van der Waals surface area contributed by atoms with Crippen LogP contribution in [0.15, 0.2) is 17.0 Å². The van der Waals surface area contributed by atoms with Crippen LogP contribution in [-0.4, -0.2) is 25.8 Å². The smallest absolute Gasteiger partial charge is 0.243 e. The largest absolute Gasteiger partial charge is 0.326 e. The summed E-state index contributed by atoms with van der Waals surface area (Å²) in [6.07, 6.45) is 1.81. The molecule has 1 saturated heterocycles. The Labute approximate surface area is 128 Å². The molecule has 1 fully saturated rings. The molecule has 0 spiro atoms. The second-order valence-corrected chi connectivity index (χ2v) is 8.72. The predicted molar refractivity (Wildman–Crippen MR) is 85.6 cm³/mol. The average molecular weight is 310 g/mol. The Morgan fingerprint density at radius 2 is 1.71 bits per heavy atom. The lowest BCUT2D eigenvalue weighted by Gasteiger charge is -2.36. The van der Waals surface area contributed by atoms with Gasteiger partial charge in [0.2, 0.25) is 10.0 Å². The van der Waals surface area contributed by atoms with E-state index in [4.69, 9.17) is 5.73 Å². The third-order valence-corrected chi connectivity index (χ3v) is 6.59. The summed E-state index contributed by atoms with van der Waals surface area (Å²) in [5.41, 5.74) is 8.70.